The smallest absolute Gasteiger partial charge is 0.432 e. The third kappa shape index (κ3) is 5.52. The molecule has 1 amide bonds. The van der Waals surface area contributed by atoms with Crippen LogP contribution in [0, 0.1) is 0 Å². The lowest BCUT2D eigenvalue weighted by molar-refractivity contribution is -0.137. The molecule has 2 aliphatic rings. The molecule has 0 spiro atoms. The molecule has 0 saturated carbocycles. The second-order valence-corrected chi connectivity index (χ2v) is 9.99. The molecular weight excluding hydrogens is 547 g/mol. The van der Waals surface area contributed by atoms with Crippen molar-refractivity contribution in [3.05, 3.63) is 89.0 Å². The molecule has 7 nitrogen and oxygen atoms in total. The number of piperidine rings is 1. The lowest BCUT2D eigenvalue weighted by atomic mass is 9.93. The second kappa shape index (κ2) is 11.5. The van der Waals surface area contributed by atoms with Gasteiger partial charge in [-0.3, -0.25) is 4.90 Å². The number of amides is 1. The van der Waals surface area contributed by atoms with Crippen LogP contribution in [0.5, 0.6) is 0 Å². The zero-order valence-electron chi connectivity index (χ0n) is 21.7. The molecule has 2 fully saturated rings. The minimum atomic E-state index is -4.51. The maximum absolute atomic E-state index is 13.4. The standard InChI is InChI=1S/C29H27ClF3N3O4/c1-39-27(37)23-15-12-21(18-34-16-6-3-7-17-34)25(24(23)19-8-4-2-5-9-19)35-28(38)40-26(36(35)30)20-10-13-22(14-11-20)29(31,32)33/h2,4-5,8-15,26H,3,6-7,16-18H2,1H3. The zero-order valence-corrected chi connectivity index (χ0v) is 22.4. The van der Waals surface area contributed by atoms with Crippen LogP contribution in [0.3, 0.4) is 0 Å². The number of carbonyl (C=O) groups is 2. The molecular formula is C29H27ClF3N3O4. The Morgan fingerprint density at radius 3 is 2.30 bits per heavy atom. The maximum atomic E-state index is 13.4. The fourth-order valence-electron chi connectivity index (χ4n) is 5.13. The number of hydrogen-bond acceptors (Lipinski definition) is 6. The Morgan fingerprint density at radius 2 is 1.68 bits per heavy atom. The molecule has 1 unspecified atom stereocenters. The number of hydrogen-bond donors (Lipinski definition) is 0. The Hall–Kier alpha value is -3.60. The summed E-state index contributed by atoms with van der Waals surface area (Å²) in [7, 11) is 1.27. The number of methoxy groups -OCH3 is 1. The van der Waals surface area contributed by atoms with Crippen LogP contribution in [0.2, 0.25) is 0 Å². The van der Waals surface area contributed by atoms with Crippen LogP contribution >= 0.6 is 11.8 Å². The Bertz CT molecular complexity index is 1380. The van der Waals surface area contributed by atoms with E-state index >= 15 is 0 Å². The molecule has 2 saturated heterocycles. The van der Waals surface area contributed by atoms with Gasteiger partial charge >= 0.3 is 18.2 Å². The molecule has 3 aromatic rings. The minimum absolute atomic E-state index is 0.224. The number of esters is 1. The monoisotopic (exact) mass is 573 g/mol. The second-order valence-electron chi connectivity index (χ2n) is 9.65. The number of rotatable bonds is 6. The fraction of sp³-hybridized carbons (Fsp3) is 0.310. The molecule has 2 heterocycles. The van der Waals surface area contributed by atoms with Crippen molar-refractivity contribution in [2.75, 3.05) is 25.2 Å². The number of hydrazine groups is 1. The number of nitrogens with zero attached hydrogens (tertiary/aromatic N) is 3. The van der Waals surface area contributed by atoms with Gasteiger partial charge in [0.2, 0.25) is 6.23 Å². The molecule has 3 aromatic carbocycles. The molecule has 1 atom stereocenters. The molecule has 0 aliphatic carbocycles. The number of anilines is 1. The Morgan fingerprint density at radius 1 is 1.00 bits per heavy atom. The average molecular weight is 574 g/mol. The molecule has 210 valence electrons. The zero-order chi connectivity index (χ0) is 28.4. The van der Waals surface area contributed by atoms with Gasteiger partial charge in [-0.05, 0) is 55.3 Å². The topological polar surface area (TPSA) is 62.3 Å². The Labute approximate surface area is 234 Å². The highest BCUT2D eigenvalue weighted by Gasteiger charge is 2.44. The molecule has 0 aromatic heterocycles. The number of halogens is 4. The predicted molar refractivity (Wildman–Crippen MR) is 143 cm³/mol. The number of carbonyl (C=O) groups excluding carboxylic acids is 2. The summed E-state index contributed by atoms with van der Waals surface area (Å²) in [6.07, 6.45) is -3.32. The van der Waals surface area contributed by atoms with E-state index in [1.165, 1.54) is 19.2 Å². The van der Waals surface area contributed by atoms with Crippen LogP contribution < -0.4 is 5.01 Å². The normalized spacial score (nSPS) is 18.6. The van der Waals surface area contributed by atoms with Crippen LogP contribution in [0.15, 0.2) is 66.7 Å². The highest BCUT2D eigenvalue weighted by molar-refractivity contribution is 6.18. The van der Waals surface area contributed by atoms with Crippen LogP contribution in [0.4, 0.5) is 23.7 Å². The first-order valence-corrected chi connectivity index (χ1v) is 13.2. The summed E-state index contributed by atoms with van der Waals surface area (Å²) < 4.78 is 51.0. The van der Waals surface area contributed by atoms with E-state index in [1.807, 2.05) is 30.3 Å². The van der Waals surface area contributed by atoms with E-state index in [-0.39, 0.29) is 11.1 Å². The molecule has 0 radical (unpaired) electrons. The molecule has 0 N–H and O–H groups in total. The lowest BCUT2D eigenvalue weighted by Crippen LogP contribution is -2.36. The Kier molecular flexibility index (Phi) is 8.02. The molecule has 0 bridgehead atoms. The highest BCUT2D eigenvalue weighted by atomic mass is 35.5. The Balaban J connectivity index is 1.63. The van der Waals surface area contributed by atoms with Crippen molar-refractivity contribution in [2.45, 2.75) is 38.2 Å². The summed E-state index contributed by atoms with van der Waals surface area (Å²) in [6, 6.07) is 16.8. The van der Waals surface area contributed by atoms with Crippen LogP contribution in [-0.2, 0) is 22.2 Å². The summed E-state index contributed by atoms with van der Waals surface area (Å²) in [5, 5.41) is 1.14. The molecule has 40 heavy (non-hydrogen) atoms. The largest absolute Gasteiger partial charge is 0.465 e. The van der Waals surface area contributed by atoms with E-state index in [9.17, 15) is 22.8 Å². The SMILES string of the molecule is COC(=O)c1ccc(CN2CCCCC2)c(N2C(=O)OC(c3ccc(C(F)(F)F)cc3)N2Cl)c1-c1ccccc1. The predicted octanol–water partition coefficient (Wildman–Crippen LogP) is 7.17. The van der Waals surface area contributed by atoms with E-state index in [2.05, 4.69) is 4.90 Å². The van der Waals surface area contributed by atoms with Crippen molar-refractivity contribution < 1.29 is 32.2 Å². The average Bonchev–Trinajstić information content (AvgIpc) is 3.26. The van der Waals surface area contributed by atoms with Gasteiger partial charge in [-0.25, -0.2) is 9.59 Å². The van der Waals surface area contributed by atoms with Gasteiger partial charge in [-0.2, -0.15) is 18.2 Å². The van der Waals surface area contributed by atoms with Crippen molar-refractivity contribution in [1.29, 1.82) is 0 Å². The van der Waals surface area contributed by atoms with Crippen LogP contribution in [-0.4, -0.2) is 41.7 Å². The summed E-state index contributed by atoms with van der Waals surface area (Å²) in [5.74, 6) is -0.599. The third-order valence-electron chi connectivity index (χ3n) is 7.08. The minimum Gasteiger partial charge on any atom is -0.465 e. The van der Waals surface area contributed by atoms with Crippen molar-refractivity contribution in [1.82, 2.24) is 9.43 Å². The first-order valence-electron chi connectivity index (χ1n) is 12.8. The fourth-order valence-corrected chi connectivity index (χ4v) is 5.42. The van der Waals surface area contributed by atoms with Crippen LogP contribution in [0.1, 0.15) is 52.5 Å². The van der Waals surface area contributed by atoms with E-state index in [0.29, 0.717) is 23.4 Å². The number of cyclic esters (lactones) is 1. The van der Waals surface area contributed by atoms with E-state index < -0.39 is 30.0 Å². The number of benzene rings is 3. The highest BCUT2D eigenvalue weighted by Crippen LogP contribution is 2.45. The van der Waals surface area contributed by atoms with Gasteiger partial charge in [-0.1, -0.05) is 59.5 Å². The van der Waals surface area contributed by atoms with Crippen molar-refractivity contribution in [3.63, 3.8) is 0 Å². The van der Waals surface area contributed by atoms with E-state index in [0.717, 1.165) is 59.6 Å². The lowest BCUT2D eigenvalue weighted by Gasteiger charge is -2.31. The molecule has 5 rings (SSSR count). The van der Waals surface area contributed by atoms with Crippen LogP contribution in [0.25, 0.3) is 11.1 Å². The summed E-state index contributed by atoms with van der Waals surface area (Å²) in [4.78, 5) is 28.6. The van der Waals surface area contributed by atoms with Crippen molar-refractivity contribution in [2.24, 2.45) is 0 Å². The van der Waals surface area contributed by atoms with Gasteiger partial charge < -0.3 is 9.47 Å². The van der Waals surface area contributed by atoms with Gasteiger partial charge in [0.1, 0.15) is 0 Å². The quantitative estimate of drug-likeness (QED) is 0.230. The summed E-state index contributed by atoms with van der Waals surface area (Å²) >= 11 is 6.74. The first-order chi connectivity index (χ1) is 19.2. The van der Waals surface area contributed by atoms with Gasteiger partial charge in [0.15, 0.2) is 0 Å². The van der Waals surface area contributed by atoms with E-state index in [4.69, 9.17) is 21.3 Å². The maximum Gasteiger partial charge on any atom is 0.432 e. The molecule has 11 heteroatoms. The summed E-state index contributed by atoms with van der Waals surface area (Å²) in [5.41, 5.74) is 1.79. The number of alkyl halides is 3. The van der Waals surface area contributed by atoms with Crippen molar-refractivity contribution >= 4 is 29.5 Å². The third-order valence-corrected chi connectivity index (χ3v) is 7.41. The first kappa shape index (κ1) is 27.9. The number of likely N-dealkylation sites (tertiary alicyclic amines) is 1. The van der Waals surface area contributed by atoms with Gasteiger partial charge in [-0.15, -0.1) is 0 Å². The van der Waals surface area contributed by atoms with Gasteiger partial charge in [0, 0.05) is 29.4 Å². The summed E-state index contributed by atoms with van der Waals surface area (Å²) in [6.45, 7) is 2.24. The van der Waals surface area contributed by atoms with E-state index in [1.54, 1.807) is 12.1 Å². The van der Waals surface area contributed by atoms with Crippen molar-refractivity contribution in [3.8, 4) is 11.1 Å². The van der Waals surface area contributed by atoms with Gasteiger partial charge in [0.05, 0.1) is 23.9 Å². The molecule has 2 aliphatic heterocycles. The van der Waals surface area contributed by atoms with Gasteiger partial charge in [0.25, 0.3) is 0 Å². The number of ether oxygens (including phenoxy) is 2.